The third kappa shape index (κ3) is 2.81. The van der Waals surface area contributed by atoms with Crippen molar-refractivity contribution >= 4 is 17.5 Å². The summed E-state index contributed by atoms with van der Waals surface area (Å²) in [7, 11) is 0. The van der Waals surface area contributed by atoms with E-state index in [2.05, 4.69) is 37.6 Å². The smallest absolute Gasteiger partial charge is 0.277 e. The van der Waals surface area contributed by atoms with Gasteiger partial charge in [-0.05, 0) is 49.2 Å². The molecule has 4 unspecified atom stereocenters. The average Bonchev–Trinajstić information content (AvgIpc) is 2.87. The summed E-state index contributed by atoms with van der Waals surface area (Å²) in [6.45, 7) is 9.42. The molecule has 1 aromatic rings. The fraction of sp³-hybridized carbons (Fsp3) is 0.778. The molecule has 3 rings (SSSR count). The van der Waals surface area contributed by atoms with Crippen LogP contribution >= 0.6 is 11.8 Å². The largest absolute Gasteiger partial charge is 0.302 e. The van der Waals surface area contributed by atoms with Crippen LogP contribution in [0.25, 0.3) is 0 Å². The van der Waals surface area contributed by atoms with Crippen molar-refractivity contribution in [3.63, 3.8) is 0 Å². The Kier molecular flexibility index (Phi) is 4.51. The van der Waals surface area contributed by atoms with E-state index >= 15 is 0 Å². The van der Waals surface area contributed by atoms with E-state index in [1.54, 1.807) is 6.20 Å². The van der Waals surface area contributed by atoms with Gasteiger partial charge in [-0.15, -0.1) is 0 Å². The van der Waals surface area contributed by atoms with Crippen molar-refractivity contribution in [1.82, 2.24) is 9.78 Å². The van der Waals surface area contributed by atoms with Crippen LogP contribution in [0.15, 0.2) is 11.0 Å². The minimum Gasteiger partial charge on any atom is -0.302 e. The molecule has 1 N–H and O–H groups in total. The van der Waals surface area contributed by atoms with E-state index in [1.807, 2.05) is 6.92 Å². The van der Waals surface area contributed by atoms with Gasteiger partial charge in [-0.1, -0.05) is 20.8 Å². The third-order valence-electron chi connectivity index (χ3n) is 6.10. The van der Waals surface area contributed by atoms with E-state index in [4.69, 9.17) is 0 Å². The number of aromatic nitrogens is 2. The highest BCUT2D eigenvalue weighted by Gasteiger charge is 2.49. The molecule has 2 aliphatic rings. The van der Waals surface area contributed by atoms with Crippen LogP contribution in [0.1, 0.15) is 57.3 Å². The SMILES string of the molecule is CCn1[nH]cc(C(=O)C2CCC3SCCC(C)(C)C3C2C)c1=O. The highest BCUT2D eigenvalue weighted by molar-refractivity contribution is 7.99. The summed E-state index contributed by atoms with van der Waals surface area (Å²) in [5.74, 6) is 2.18. The Labute approximate surface area is 142 Å². The van der Waals surface area contributed by atoms with Gasteiger partial charge in [0.15, 0.2) is 5.78 Å². The topological polar surface area (TPSA) is 54.9 Å². The number of thioether (sulfide) groups is 1. The predicted molar refractivity (Wildman–Crippen MR) is 95.1 cm³/mol. The molecule has 4 nitrogen and oxygen atoms in total. The molecule has 0 radical (unpaired) electrons. The van der Waals surface area contributed by atoms with E-state index in [-0.39, 0.29) is 22.7 Å². The molecule has 23 heavy (non-hydrogen) atoms. The number of aromatic amines is 1. The van der Waals surface area contributed by atoms with Crippen molar-refractivity contribution in [2.75, 3.05) is 5.75 Å². The number of carbonyl (C=O) groups is 1. The summed E-state index contributed by atoms with van der Waals surface area (Å²) >= 11 is 2.09. The van der Waals surface area contributed by atoms with Crippen LogP contribution in [0.5, 0.6) is 0 Å². The van der Waals surface area contributed by atoms with Crippen LogP contribution in [-0.2, 0) is 6.54 Å². The van der Waals surface area contributed by atoms with Gasteiger partial charge in [0.2, 0.25) is 0 Å². The van der Waals surface area contributed by atoms with Crippen molar-refractivity contribution < 1.29 is 4.79 Å². The number of Topliss-reactive ketones (excluding diaryl/α,β-unsaturated/α-hetero) is 1. The minimum absolute atomic E-state index is 0.0111. The summed E-state index contributed by atoms with van der Waals surface area (Å²) in [5, 5.41) is 3.59. The fourth-order valence-corrected chi connectivity index (χ4v) is 6.88. The lowest BCUT2D eigenvalue weighted by Crippen LogP contribution is -2.48. The third-order valence-corrected chi connectivity index (χ3v) is 7.50. The van der Waals surface area contributed by atoms with E-state index in [0.29, 0.717) is 29.2 Å². The summed E-state index contributed by atoms with van der Waals surface area (Å²) in [5.41, 5.74) is 0.475. The van der Waals surface area contributed by atoms with Gasteiger partial charge < -0.3 is 5.10 Å². The second-order valence-corrected chi connectivity index (χ2v) is 9.16. The average molecular weight is 337 g/mol. The number of hydrogen-bond donors (Lipinski definition) is 1. The van der Waals surface area contributed by atoms with E-state index in [1.165, 1.54) is 16.9 Å². The second-order valence-electron chi connectivity index (χ2n) is 7.82. The molecule has 0 aromatic carbocycles. The number of aryl methyl sites for hydroxylation is 1. The van der Waals surface area contributed by atoms with Gasteiger partial charge in [-0.25, -0.2) is 0 Å². The highest BCUT2D eigenvalue weighted by atomic mass is 32.2. The molecule has 0 bridgehead atoms. The standard InChI is InChI=1S/C18H28N2O2S/c1-5-20-17(22)13(10-19-20)16(21)12-6-7-14-15(11(12)2)18(3,4)8-9-23-14/h10-12,14-15,19H,5-9H2,1-4H3. The number of fused-ring (bicyclic) bond motifs is 1. The molecule has 1 saturated heterocycles. The Morgan fingerprint density at radius 2 is 2.17 bits per heavy atom. The van der Waals surface area contributed by atoms with Crippen LogP contribution in [0.3, 0.4) is 0 Å². The molecule has 128 valence electrons. The molecular weight excluding hydrogens is 308 g/mol. The first-order valence-corrected chi connectivity index (χ1v) is 9.85. The van der Waals surface area contributed by atoms with Crippen molar-refractivity contribution in [3.8, 4) is 0 Å². The Morgan fingerprint density at radius 1 is 1.43 bits per heavy atom. The first-order valence-electron chi connectivity index (χ1n) is 8.81. The van der Waals surface area contributed by atoms with Crippen molar-refractivity contribution in [2.24, 2.45) is 23.2 Å². The van der Waals surface area contributed by atoms with Crippen LogP contribution in [0, 0.1) is 23.2 Å². The first-order chi connectivity index (χ1) is 10.9. The maximum absolute atomic E-state index is 13.0. The van der Waals surface area contributed by atoms with Gasteiger partial charge in [0.05, 0.1) is 0 Å². The van der Waals surface area contributed by atoms with Crippen LogP contribution in [0.2, 0.25) is 0 Å². The molecule has 1 aliphatic carbocycles. The molecule has 1 saturated carbocycles. The maximum atomic E-state index is 13.0. The quantitative estimate of drug-likeness (QED) is 0.859. The van der Waals surface area contributed by atoms with Crippen LogP contribution < -0.4 is 5.56 Å². The molecular formula is C18H28N2O2S. The van der Waals surface area contributed by atoms with Crippen LogP contribution in [-0.4, -0.2) is 26.6 Å². The number of ketones is 1. The van der Waals surface area contributed by atoms with Crippen LogP contribution in [0.4, 0.5) is 0 Å². The number of hydrogen-bond acceptors (Lipinski definition) is 3. The molecule has 2 fully saturated rings. The minimum atomic E-state index is -0.163. The molecule has 0 amide bonds. The fourth-order valence-electron chi connectivity index (χ4n) is 4.81. The molecule has 1 aliphatic heterocycles. The number of nitrogens with one attached hydrogen (secondary N) is 1. The Bertz CT molecular complexity index is 646. The monoisotopic (exact) mass is 336 g/mol. The zero-order chi connectivity index (χ0) is 16.8. The Morgan fingerprint density at radius 3 is 2.83 bits per heavy atom. The Hall–Kier alpha value is -0.970. The zero-order valence-electron chi connectivity index (χ0n) is 14.6. The van der Waals surface area contributed by atoms with Crippen molar-refractivity contribution in [2.45, 2.75) is 58.8 Å². The van der Waals surface area contributed by atoms with Gasteiger partial charge in [-0.3, -0.25) is 14.3 Å². The lowest BCUT2D eigenvalue weighted by Gasteiger charge is -2.51. The van der Waals surface area contributed by atoms with Crippen molar-refractivity contribution in [3.05, 3.63) is 22.1 Å². The summed E-state index contributed by atoms with van der Waals surface area (Å²) in [4.78, 5) is 25.3. The zero-order valence-corrected chi connectivity index (χ0v) is 15.4. The molecule has 5 heteroatoms. The van der Waals surface area contributed by atoms with Gasteiger partial charge in [0, 0.05) is 23.9 Å². The molecule has 2 heterocycles. The lowest BCUT2D eigenvalue weighted by atomic mass is 9.60. The van der Waals surface area contributed by atoms with E-state index < -0.39 is 0 Å². The van der Waals surface area contributed by atoms with Gasteiger partial charge >= 0.3 is 0 Å². The first kappa shape index (κ1) is 16.9. The number of carbonyl (C=O) groups excluding carboxylic acids is 1. The number of nitrogens with zero attached hydrogens (tertiary/aromatic N) is 1. The Balaban J connectivity index is 1.87. The van der Waals surface area contributed by atoms with Gasteiger partial charge in [0.25, 0.3) is 5.56 Å². The lowest BCUT2D eigenvalue weighted by molar-refractivity contribution is 0.0481. The van der Waals surface area contributed by atoms with Crippen molar-refractivity contribution in [1.29, 1.82) is 0 Å². The van der Waals surface area contributed by atoms with E-state index in [9.17, 15) is 9.59 Å². The summed E-state index contributed by atoms with van der Waals surface area (Å²) < 4.78 is 1.50. The normalized spacial score (nSPS) is 33.2. The van der Waals surface area contributed by atoms with Gasteiger partial charge in [-0.2, -0.15) is 11.8 Å². The molecule has 1 aromatic heterocycles. The van der Waals surface area contributed by atoms with E-state index in [0.717, 1.165) is 12.8 Å². The highest BCUT2D eigenvalue weighted by Crippen LogP contribution is 2.54. The molecule has 4 atom stereocenters. The second kappa shape index (κ2) is 6.15. The summed E-state index contributed by atoms with van der Waals surface area (Å²) in [6, 6.07) is 0. The number of H-pyrrole nitrogens is 1. The summed E-state index contributed by atoms with van der Waals surface area (Å²) in [6.07, 6.45) is 4.84. The number of rotatable bonds is 3. The molecule has 0 spiro atoms. The maximum Gasteiger partial charge on any atom is 0.277 e. The van der Waals surface area contributed by atoms with Gasteiger partial charge in [0.1, 0.15) is 5.56 Å². The predicted octanol–water partition coefficient (Wildman–Crippen LogP) is 3.57.